The van der Waals surface area contributed by atoms with Crippen LogP contribution in [0.25, 0.3) is 0 Å². The molecular formula is C19H15ClN2O5S. The van der Waals surface area contributed by atoms with E-state index in [9.17, 15) is 13.2 Å². The van der Waals surface area contributed by atoms with Crippen LogP contribution in [0.5, 0.6) is 11.5 Å². The highest BCUT2D eigenvalue weighted by atomic mass is 35.5. The molecule has 0 aromatic heterocycles. The first-order valence-corrected chi connectivity index (χ1v) is 9.80. The highest BCUT2D eigenvalue weighted by molar-refractivity contribution is 7.92. The minimum Gasteiger partial charge on any atom is -0.478 e. The van der Waals surface area contributed by atoms with E-state index in [2.05, 4.69) is 4.72 Å². The molecule has 0 fully saturated rings. The summed E-state index contributed by atoms with van der Waals surface area (Å²) in [5.74, 6) is -0.564. The Balaban J connectivity index is 1.77. The number of hydrogen-bond donors (Lipinski definition) is 3. The van der Waals surface area contributed by atoms with Gasteiger partial charge in [-0.25, -0.2) is 13.2 Å². The molecule has 144 valence electrons. The molecule has 0 aliphatic carbocycles. The van der Waals surface area contributed by atoms with E-state index in [0.29, 0.717) is 16.5 Å². The number of carbonyl (C=O) groups is 1. The average Bonchev–Trinajstić information content (AvgIpc) is 2.65. The van der Waals surface area contributed by atoms with Gasteiger partial charge in [-0.05, 0) is 66.7 Å². The average molecular weight is 419 g/mol. The zero-order chi connectivity index (χ0) is 20.3. The van der Waals surface area contributed by atoms with Crippen molar-refractivity contribution < 1.29 is 23.1 Å². The molecule has 0 unspecified atom stereocenters. The molecule has 0 atom stereocenters. The summed E-state index contributed by atoms with van der Waals surface area (Å²) in [7, 11) is -3.78. The van der Waals surface area contributed by atoms with Crippen molar-refractivity contribution in [1.82, 2.24) is 0 Å². The second-order valence-electron chi connectivity index (χ2n) is 5.74. The molecule has 4 N–H and O–H groups in total. The standard InChI is InChI=1S/C19H15ClN2O5S/c20-12-1-3-13(4-2-12)22-28(25,26)16-8-5-14(6-9-16)27-15-7-10-18(21)17(11-15)19(23)24/h1-11,22H,21H2,(H,23,24). The molecule has 9 heteroatoms. The lowest BCUT2D eigenvalue weighted by Crippen LogP contribution is -2.12. The Morgan fingerprint density at radius 1 is 0.964 bits per heavy atom. The maximum absolute atomic E-state index is 12.4. The van der Waals surface area contributed by atoms with Crippen LogP contribution < -0.4 is 15.2 Å². The van der Waals surface area contributed by atoms with Gasteiger partial charge in [0.05, 0.1) is 10.5 Å². The molecule has 3 rings (SSSR count). The van der Waals surface area contributed by atoms with Gasteiger partial charge in [0, 0.05) is 16.4 Å². The van der Waals surface area contributed by atoms with E-state index in [0.717, 1.165) is 0 Å². The van der Waals surface area contributed by atoms with Crippen LogP contribution in [0.15, 0.2) is 71.6 Å². The molecule has 0 saturated carbocycles. The summed E-state index contributed by atoms with van der Waals surface area (Å²) < 4.78 is 32.9. The molecule has 0 bridgehead atoms. The van der Waals surface area contributed by atoms with Crippen molar-refractivity contribution in [3.63, 3.8) is 0 Å². The van der Waals surface area contributed by atoms with Gasteiger partial charge in [0.2, 0.25) is 0 Å². The summed E-state index contributed by atoms with van der Waals surface area (Å²) in [6, 6.07) is 16.2. The number of sulfonamides is 1. The Morgan fingerprint density at radius 3 is 2.18 bits per heavy atom. The largest absolute Gasteiger partial charge is 0.478 e. The van der Waals surface area contributed by atoms with Gasteiger partial charge in [0.1, 0.15) is 11.5 Å². The van der Waals surface area contributed by atoms with Crippen molar-refractivity contribution >= 4 is 39.0 Å². The van der Waals surface area contributed by atoms with Crippen LogP contribution in [0.1, 0.15) is 10.4 Å². The summed E-state index contributed by atoms with van der Waals surface area (Å²) in [6.45, 7) is 0. The number of hydrogen-bond acceptors (Lipinski definition) is 5. The molecule has 3 aromatic carbocycles. The Hall–Kier alpha value is -3.23. The van der Waals surface area contributed by atoms with Crippen LogP contribution in [0.4, 0.5) is 11.4 Å². The zero-order valence-electron chi connectivity index (χ0n) is 14.3. The van der Waals surface area contributed by atoms with Gasteiger partial charge in [-0.15, -0.1) is 0 Å². The van der Waals surface area contributed by atoms with E-state index >= 15 is 0 Å². The summed E-state index contributed by atoms with van der Waals surface area (Å²) in [5, 5.41) is 9.60. The third-order valence-corrected chi connectivity index (χ3v) is 5.37. The minimum atomic E-state index is -3.78. The van der Waals surface area contributed by atoms with Gasteiger partial charge in [-0.3, -0.25) is 4.72 Å². The predicted molar refractivity (Wildman–Crippen MR) is 107 cm³/mol. The third-order valence-electron chi connectivity index (χ3n) is 3.72. The lowest BCUT2D eigenvalue weighted by molar-refractivity contribution is 0.0697. The molecule has 3 aromatic rings. The van der Waals surface area contributed by atoms with Gasteiger partial charge in [-0.1, -0.05) is 11.6 Å². The highest BCUT2D eigenvalue weighted by Gasteiger charge is 2.15. The fourth-order valence-corrected chi connectivity index (χ4v) is 3.52. The maximum Gasteiger partial charge on any atom is 0.337 e. The van der Waals surface area contributed by atoms with Crippen molar-refractivity contribution in [2.24, 2.45) is 0 Å². The minimum absolute atomic E-state index is 0.0401. The zero-order valence-corrected chi connectivity index (χ0v) is 15.9. The van der Waals surface area contributed by atoms with Gasteiger partial charge in [0.25, 0.3) is 10.0 Å². The van der Waals surface area contributed by atoms with Crippen molar-refractivity contribution in [3.05, 3.63) is 77.3 Å². The first-order chi connectivity index (χ1) is 13.2. The highest BCUT2D eigenvalue weighted by Crippen LogP contribution is 2.27. The monoisotopic (exact) mass is 418 g/mol. The van der Waals surface area contributed by atoms with Gasteiger partial charge < -0.3 is 15.6 Å². The number of halogens is 1. The van der Waals surface area contributed by atoms with Crippen LogP contribution in [-0.4, -0.2) is 19.5 Å². The summed E-state index contributed by atoms with van der Waals surface area (Å²) >= 11 is 5.79. The van der Waals surface area contributed by atoms with E-state index < -0.39 is 16.0 Å². The number of nitrogens with two attached hydrogens (primary N) is 1. The Labute approximate surface area is 166 Å². The van der Waals surface area contributed by atoms with Crippen molar-refractivity contribution in [2.75, 3.05) is 10.5 Å². The molecular weight excluding hydrogens is 404 g/mol. The molecule has 0 amide bonds. The fraction of sp³-hybridized carbons (Fsp3) is 0. The molecule has 0 saturated heterocycles. The molecule has 0 aliphatic heterocycles. The maximum atomic E-state index is 12.4. The molecule has 0 heterocycles. The van der Waals surface area contributed by atoms with Gasteiger partial charge in [-0.2, -0.15) is 0 Å². The van der Waals surface area contributed by atoms with Crippen LogP contribution in [0.2, 0.25) is 5.02 Å². The van der Waals surface area contributed by atoms with E-state index in [4.69, 9.17) is 27.2 Å². The Bertz CT molecular complexity index is 1110. The number of carboxylic acid groups (broad SMARTS) is 1. The number of carboxylic acids is 1. The van der Waals surface area contributed by atoms with Crippen LogP contribution >= 0.6 is 11.6 Å². The number of nitrogens with one attached hydrogen (secondary N) is 1. The van der Waals surface area contributed by atoms with Gasteiger partial charge in [0.15, 0.2) is 0 Å². The number of aromatic carboxylic acids is 1. The number of rotatable bonds is 6. The van der Waals surface area contributed by atoms with E-state index in [1.165, 1.54) is 42.5 Å². The number of anilines is 2. The van der Waals surface area contributed by atoms with Crippen molar-refractivity contribution in [1.29, 1.82) is 0 Å². The van der Waals surface area contributed by atoms with Crippen LogP contribution in [-0.2, 0) is 10.0 Å². The first kappa shape index (κ1) is 19.5. The van der Waals surface area contributed by atoms with Crippen molar-refractivity contribution in [2.45, 2.75) is 4.90 Å². The fourth-order valence-electron chi connectivity index (χ4n) is 2.34. The molecule has 7 nitrogen and oxygen atoms in total. The number of ether oxygens (including phenoxy) is 1. The topological polar surface area (TPSA) is 119 Å². The lowest BCUT2D eigenvalue weighted by Gasteiger charge is -2.10. The van der Waals surface area contributed by atoms with Gasteiger partial charge >= 0.3 is 5.97 Å². The third kappa shape index (κ3) is 4.54. The van der Waals surface area contributed by atoms with E-state index in [-0.39, 0.29) is 21.9 Å². The lowest BCUT2D eigenvalue weighted by atomic mass is 10.2. The predicted octanol–water partition coefficient (Wildman–Crippen LogP) is 4.21. The second-order valence-corrected chi connectivity index (χ2v) is 7.86. The number of nitrogen functional groups attached to an aromatic ring is 1. The van der Waals surface area contributed by atoms with E-state index in [1.54, 1.807) is 24.3 Å². The molecule has 0 spiro atoms. The molecule has 28 heavy (non-hydrogen) atoms. The smallest absolute Gasteiger partial charge is 0.337 e. The van der Waals surface area contributed by atoms with Crippen LogP contribution in [0, 0.1) is 0 Å². The Morgan fingerprint density at radius 2 is 1.57 bits per heavy atom. The SMILES string of the molecule is Nc1ccc(Oc2ccc(S(=O)(=O)Nc3ccc(Cl)cc3)cc2)cc1C(=O)O. The van der Waals surface area contributed by atoms with Crippen LogP contribution in [0.3, 0.4) is 0 Å². The summed E-state index contributed by atoms with van der Waals surface area (Å²) in [5.41, 5.74) is 6.03. The quantitative estimate of drug-likeness (QED) is 0.516. The number of benzene rings is 3. The first-order valence-electron chi connectivity index (χ1n) is 7.94. The molecule has 0 aliphatic rings. The summed E-state index contributed by atoms with van der Waals surface area (Å²) in [6.07, 6.45) is 0. The molecule has 0 radical (unpaired) electrons. The Kier molecular flexibility index (Phi) is 5.43. The van der Waals surface area contributed by atoms with Crippen molar-refractivity contribution in [3.8, 4) is 11.5 Å². The van der Waals surface area contributed by atoms with E-state index in [1.807, 2.05) is 0 Å². The summed E-state index contributed by atoms with van der Waals surface area (Å²) in [4.78, 5) is 11.2. The second kappa shape index (κ2) is 7.79. The normalized spacial score (nSPS) is 11.0.